The lowest BCUT2D eigenvalue weighted by Gasteiger charge is -2.31. The molecule has 0 aromatic carbocycles. The Labute approximate surface area is 118 Å². The molecule has 8 heteroatoms. The Morgan fingerprint density at radius 1 is 1.45 bits per heavy atom. The Bertz CT molecular complexity index is 594. The van der Waals surface area contributed by atoms with E-state index >= 15 is 0 Å². The van der Waals surface area contributed by atoms with E-state index in [-0.39, 0.29) is 17.5 Å². The monoisotopic (exact) mass is 301 g/mol. The van der Waals surface area contributed by atoms with Crippen LogP contribution in [0.2, 0.25) is 0 Å². The largest absolute Gasteiger partial charge is 0.480 e. The molecule has 0 bridgehead atoms. The fourth-order valence-electron chi connectivity index (χ4n) is 2.31. The Kier molecular flexibility index (Phi) is 4.14. The molecule has 0 saturated carbocycles. The minimum Gasteiger partial charge on any atom is -0.480 e. The third-order valence-corrected chi connectivity index (χ3v) is 5.31. The van der Waals surface area contributed by atoms with E-state index in [1.807, 2.05) is 13.8 Å². The van der Waals surface area contributed by atoms with Gasteiger partial charge in [0.1, 0.15) is 10.9 Å². The normalized spacial score (nSPS) is 21.2. The van der Waals surface area contributed by atoms with Crippen molar-refractivity contribution in [2.24, 2.45) is 0 Å². The molecule has 0 aliphatic carbocycles. The van der Waals surface area contributed by atoms with Crippen LogP contribution in [0.4, 0.5) is 0 Å². The highest BCUT2D eigenvalue weighted by Gasteiger charge is 2.38. The molecule has 1 saturated heterocycles. The predicted molar refractivity (Wildman–Crippen MR) is 71.8 cm³/mol. The van der Waals surface area contributed by atoms with Gasteiger partial charge < -0.3 is 5.11 Å². The van der Waals surface area contributed by atoms with E-state index in [0.717, 1.165) is 10.7 Å². The number of hydrogen-bond acceptors (Lipinski definition) is 4. The number of piperidine rings is 1. The van der Waals surface area contributed by atoms with Crippen LogP contribution >= 0.6 is 0 Å². The summed E-state index contributed by atoms with van der Waals surface area (Å²) >= 11 is 0. The second kappa shape index (κ2) is 5.53. The zero-order valence-electron chi connectivity index (χ0n) is 11.6. The van der Waals surface area contributed by atoms with Crippen molar-refractivity contribution in [2.75, 3.05) is 6.54 Å². The lowest BCUT2D eigenvalue weighted by Crippen LogP contribution is -2.47. The average molecular weight is 301 g/mol. The summed E-state index contributed by atoms with van der Waals surface area (Å²) in [6, 6.07) is -0.924. The Hall–Kier alpha value is -1.41. The Morgan fingerprint density at radius 3 is 2.70 bits per heavy atom. The topological polar surface area (TPSA) is 92.5 Å². The van der Waals surface area contributed by atoms with Crippen LogP contribution in [0.15, 0.2) is 17.3 Å². The number of aromatic nitrogens is 2. The number of sulfonamides is 1. The molecule has 0 radical (unpaired) electrons. The molecule has 2 heterocycles. The molecule has 1 aliphatic rings. The van der Waals surface area contributed by atoms with Crippen molar-refractivity contribution < 1.29 is 18.3 Å². The molecule has 0 spiro atoms. The van der Waals surface area contributed by atoms with Gasteiger partial charge in [0.2, 0.25) is 10.0 Å². The van der Waals surface area contributed by atoms with E-state index in [2.05, 4.69) is 5.10 Å². The predicted octanol–water partition coefficient (Wildman–Crippen LogP) is 1.09. The average Bonchev–Trinajstić information content (AvgIpc) is 2.89. The van der Waals surface area contributed by atoms with Crippen LogP contribution in [-0.2, 0) is 14.8 Å². The quantitative estimate of drug-likeness (QED) is 0.898. The summed E-state index contributed by atoms with van der Waals surface area (Å²) < 4.78 is 27.7. The minimum absolute atomic E-state index is 0.0515. The van der Waals surface area contributed by atoms with Crippen molar-refractivity contribution in [3.63, 3.8) is 0 Å². The smallest absolute Gasteiger partial charge is 0.322 e. The van der Waals surface area contributed by atoms with Crippen molar-refractivity contribution in [3.8, 4) is 0 Å². The molecule has 1 aromatic heterocycles. The number of nitrogens with zero attached hydrogens (tertiary/aromatic N) is 3. The third kappa shape index (κ3) is 2.71. The molecule has 2 rings (SSSR count). The number of carboxylic acid groups (broad SMARTS) is 1. The van der Waals surface area contributed by atoms with Crippen molar-refractivity contribution in [3.05, 3.63) is 12.4 Å². The minimum atomic E-state index is -3.80. The van der Waals surface area contributed by atoms with Crippen LogP contribution in [0.5, 0.6) is 0 Å². The zero-order valence-corrected chi connectivity index (χ0v) is 12.4. The summed E-state index contributed by atoms with van der Waals surface area (Å²) in [7, 11) is -3.80. The number of carboxylic acids is 1. The first kappa shape index (κ1) is 15.0. The van der Waals surface area contributed by atoms with Crippen LogP contribution in [0, 0.1) is 0 Å². The highest BCUT2D eigenvalue weighted by atomic mass is 32.2. The second-order valence-electron chi connectivity index (χ2n) is 5.22. The highest BCUT2D eigenvalue weighted by Crippen LogP contribution is 2.25. The summed E-state index contributed by atoms with van der Waals surface area (Å²) in [6.45, 7) is 4.03. The van der Waals surface area contributed by atoms with Crippen molar-refractivity contribution in [1.29, 1.82) is 0 Å². The highest BCUT2D eigenvalue weighted by molar-refractivity contribution is 7.89. The van der Waals surface area contributed by atoms with Gasteiger partial charge in [0.15, 0.2) is 0 Å². The van der Waals surface area contributed by atoms with Gasteiger partial charge >= 0.3 is 5.97 Å². The van der Waals surface area contributed by atoms with Gasteiger partial charge in [-0.15, -0.1) is 0 Å². The molecule has 1 unspecified atom stereocenters. The van der Waals surface area contributed by atoms with E-state index < -0.39 is 22.0 Å². The molecule has 0 amide bonds. The SMILES string of the molecule is CC(C)n1cc(S(=O)(=O)N2CCCCC2C(=O)O)cn1. The van der Waals surface area contributed by atoms with Gasteiger partial charge in [-0.2, -0.15) is 9.40 Å². The molecular weight excluding hydrogens is 282 g/mol. The fraction of sp³-hybridized carbons (Fsp3) is 0.667. The van der Waals surface area contributed by atoms with E-state index in [1.165, 1.54) is 12.4 Å². The van der Waals surface area contributed by atoms with Crippen molar-refractivity contribution >= 4 is 16.0 Å². The first-order chi connectivity index (χ1) is 9.34. The number of carbonyl (C=O) groups is 1. The summed E-state index contributed by atoms with van der Waals surface area (Å²) in [5.74, 6) is -1.09. The Morgan fingerprint density at radius 2 is 2.15 bits per heavy atom. The molecule has 1 aliphatic heterocycles. The van der Waals surface area contributed by atoms with Gasteiger partial charge in [0, 0.05) is 18.8 Å². The van der Waals surface area contributed by atoms with Crippen LogP contribution in [0.25, 0.3) is 0 Å². The molecular formula is C12H19N3O4S. The maximum Gasteiger partial charge on any atom is 0.322 e. The van der Waals surface area contributed by atoms with E-state index in [4.69, 9.17) is 0 Å². The molecule has 112 valence electrons. The van der Waals surface area contributed by atoms with Crippen molar-refractivity contribution in [2.45, 2.75) is 50.1 Å². The molecule has 7 nitrogen and oxygen atoms in total. The lowest BCUT2D eigenvalue weighted by molar-refractivity contribution is -0.142. The van der Waals surface area contributed by atoms with Gasteiger partial charge in [-0.1, -0.05) is 0 Å². The van der Waals surface area contributed by atoms with Gasteiger partial charge in [0.25, 0.3) is 0 Å². The summed E-state index contributed by atoms with van der Waals surface area (Å²) in [4.78, 5) is 11.3. The zero-order chi connectivity index (χ0) is 14.9. The van der Waals surface area contributed by atoms with Gasteiger partial charge in [-0.3, -0.25) is 9.48 Å². The summed E-state index contributed by atoms with van der Waals surface area (Å²) in [5, 5.41) is 13.2. The first-order valence-electron chi connectivity index (χ1n) is 6.63. The van der Waals surface area contributed by atoms with E-state index in [0.29, 0.717) is 12.8 Å². The molecule has 1 fully saturated rings. The van der Waals surface area contributed by atoms with E-state index in [9.17, 15) is 18.3 Å². The van der Waals surface area contributed by atoms with Crippen LogP contribution in [0.1, 0.15) is 39.2 Å². The van der Waals surface area contributed by atoms with Gasteiger partial charge in [-0.05, 0) is 33.1 Å². The number of hydrogen-bond donors (Lipinski definition) is 1. The molecule has 1 N–H and O–H groups in total. The lowest BCUT2D eigenvalue weighted by atomic mass is 10.1. The third-order valence-electron chi connectivity index (χ3n) is 3.45. The molecule has 1 aromatic rings. The van der Waals surface area contributed by atoms with Crippen LogP contribution in [0.3, 0.4) is 0 Å². The second-order valence-corrected chi connectivity index (χ2v) is 7.11. The van der Waals surface area contributed by atoms with Crippen LogP contribution < -0.4 is 0 Å². The first-order valence-corrected chi connectivity index (χ1v) is 8.07. The van der Waals surface area contributed by atoms with Gasteiger partial charge in [-0.25, -0.2) is 8.42 Å². The standard InChI is InChI=1S/C12H19N3O4S/c1-9(2)14-8-10(7-13-14)20(18,19)15-6-4-3-5-11(15)12(16)17/h7-9,11H,3-6H2,1-2H3,(H,16,17). The van der Waals surface area contributed by atoms with Crippen molar-refractivity contribution in [1.82, 2.24) is 14.1 Å². The maximum atomic E-state index is 12.5. The summed E-state index contributed by atoms with van der Waals surface area (Å²) in [6.07, 6.45) is 4.50. The summed E-state index contributed by atoms with van der Waals surface area (Å²) in [5.41, 5.74) is 0. The van der Waals surface area contributed by atoms with Crippen LogP contribution in [-0.4, -0.2) is 46.2 Å². The molecule has 1 atom stereocenters. The van der Waals surface area contributed by atoms with Gasteiger partial charge in [0.05, 0.1) is 6.20 Å². The number of rotatable bonds is 4. The van der Waals surface area contributed by atoms with E-state index in [1.54, 1.807) is 4.68 Å². The number of aliphatic carboxylic acids is 1. The Balaban J connectivity index is 2.34. The molecule has 20 heavy (non-hydrogen) atoms. The maximum absolute atomic E-state index is 12.5. The fourth-order valence-corrected chi connectivity index (χ4v) is 3.90.